The normalized spacial score (nSPS) is 42.3. The minimum Gasteiger partial charge on any atom is -0.479 e. The summed E-state index contributed by atoms with van der Waals surface area (Å²) in [7, 11) is -16.2. The molecule has 4 fully saturated rings. The van der Waals surface area contributed by atoms with Gasteiger partial charge in [-0.3, -0.25) is 13.7 Å². The van der Waals surface area contributed by atoms with Crippen LogP contribution in [0.25, 0.3) is 0 Å². The number of aliphatic carboxylic acids is 2. The van der Waals surface area contributed by atoms with Gasteiger partial charge in [0, 0.05) is 17.8 Å². The van der Waals surface area contributed by atoms with Crippen LogP contribution >= 0.6 is 0 Å². The average Bonchev–Trinajstić information content (AvgIpc) is 3.26. The number of carboxylic acid groups (broad SMARTS) is 2. The summed E-state index contributed by atoms with van der Waals surface area (Å²) in [5.41, 5.74) is 0. The van der Waals surface area contributed by atoms with Gasteiger partial charge in [0.05, 0.1) is 70.0 Å². The summed E-state index contributed by atoms with van der Waals surface area (Å²) in [5, 5.41) is 127. The molecule has 0 saturated carbocycles. The van der Waals surface area contributed by atoms with Gasteiger partial charge < -0.3 is 104 Å². The average molecular weight is 1120 g/mol. The maximum Gasteiger partial charge on any atom is 0.397 e. The second-order valence-corrected chi connectivity index (χ2v) is 19.9. The van der Waals surface area contributed by atoms with Crippen molar-refractivity contribution in [3.8, 4) is 0 Å². The fourth-order valence-electron chi connectivity index (χ4n) is 8.14. The van der Waals surface area contributed by atoms with E-state index in [-0.39, 0.29) is 0 Å². The molecule has 0 amide bonds. The van der Waals surface area contributed by atoms with E-state index >= 15 is 0 Å². The van der Waals surface area contributed by atoms with Crippen molar-refractivity contribution in [3.05, 3.63) is 11.8 Å². The number of carboxylic acids is 2. The Kier molecular flexibility index (Phi) is 20.6. The summed E-state index contributed by atoms with van der Waals surface area (Å²) in [6, 6.07) is 0. The minimum atomic E-state index is -5.56. The van der Waals surface area contributed by atoms with E-state index < -0.39 is 229 Å². The summed E-state index contributed by atoms with van der Waals surface area (Å²) in [5.74, 6) is -11.1. The molecular weight excluding hydrogens is 1060 g/mol. The summed E-state index contributed by atoms with van der Waals surface area (Å²) < 4.78 is 159. The molecule has 5 aliphatic rings. The molecule has 23 atom stereocenters. The topological polar surface area (TPSA) is 551 Å². The van der Waals surface area contributed by atoms with E-state index in [1.54, 1.807) is 0 Å². The molecule has 0 spiro atoms. The Hall–Kier alpha value is -2.63. The third-order valence-electron chi connectivity index (χ3n) is 11.9. The largest absolute Gasteiger partial charge is 0.479 e. The van der Waals surface area contributed by atoms with E-state index in [0.29, 0.717) is 6.08 Å². The van der Waals surface area contributed by atoms with Gasteiger partial charge in [0.15, 0.2) is 37.4 Å². The van der Waals surface area contributed by atoms with Gasteiger partial charge >= 0.3 is 43.1 Å². The molecule has 35 nitrogen and oxygen atoms in total. The van der Waals surface area contributed by atoms with E-state index in [0.717, 1.165) is 6.92 Å². The molecule has 0 aromatic heterocycles. The van der Waals surface area contributed by atoms with Gasteiger partial charge in [0.1, 0.15) is 48.8 Å². The fraction of sp³-hybridized carbons (Fsp3) is 0.882. The Labute approximate surface area is 406 Å². The number of aliphatic hydroxyl groups is 10. The molecule has 5 aliphatic heterocycles. The molecule has 0 aromatic carbocycles. The highest BCUT2D eigenvalue weighted by molar-refractivity contribution is 7.81. The quantitative estimate of drug-likeness (QED) is 0.0448. The van der Waals surface area contributed by atoms with E-state index in [2.05, 4.69) is 12.5 Å². The summed E-state index contributed by atoms with van der Waals surface area (Å²) >= 11 is 0. The van der Waals surface area contributed by atoms with Crippen LogP contribution in [0.4, 0.5) is 0 Å². The van der Waals surface area contributed by atoms with Gasteiger partial charge in [-0.2, -0.15) is 25.3 Å². The first-order valence-corrected chi connectivity index (χ1v) is 25.0. The van der Waals surface area contributed by atoms with Crippen LogP contribution in [0.2, 0.25) is 0 Å². The molecule has 0 bridgehead atoms. The minimum absolute atomic E-state index is 0.665. The van der Waals surface area contributed by atoms with Crippen molar-refractivity contribution in [2.45, 2.75) is 124 Å². The van der Waals surface area contributed by atoms with Crippen molar-refractivity contribution in [2.75, 3.05) is 39.6 Å². The Balaban J connectivity index is 1.36. The van der Waals surface area contributed by atoms with Crippen LogP contribution in [-0.4, -0.2) is 269 Å². The first kappa shape index (κ1) is 60.2. The predicted molar refractivity (Wildman–Crippen MR) is 214 cm³/mol. The van der Waals surface area contributed by atoms with Gasteiger partial charge in [-0.1, -0.05) is 0 Å². The summed E-state index contributed by atoms with van der Waals surface area (Å²) in [6.45, 7) is -4.97. The Morgan fingerprint density at radius 2 is 1.10 bits per heavy atom. The van der Waals surface area contributed by atoms with Crippen LogP contribution < -0.4 is 0 Å². The maximum absolute atomic E-state index is 12.3. The third kappa shape index (κ3) is 15.3. The molecule has 0 radical (unpaired) electrons. The standard InChI is InChI=1S/C34H54O35S3/c1-9-25(68-71(52,53)54)24(43)27(69-72(55,56)57)34(63-9)61-4-10-11(30(48)64-17(18(10)37)8-62-70(49,50)51)5-59-32-21(40)12(20(39)26(67-32)29(46)47)6-58-31-13(19(38)23(42)16(3-35)66-31)7-60-33-22(41)14(36)2-15(65-33)28(44)45/h2,9-14,16-27,30-43,48H,3-8H2,1H3,(H,44,45)(H,46,47)(H,49,50,51)(H,52,53,54)(H,55,56,57)/t9?,10?,11?,12?,13?,14?,16?,17?,18-,19?,20-,21?,22?,23+,24?,25+,26?,27?,30?,31-,32+,33+,34+/m0/s1. The van der Waals surface area contributed by atoms with Crippen molar-refractivity contribution in [1.82, 2.24) is 0 Å². The van der Waals surface area contributed by atoms with Crippen LogP contribution in [0.1, 0.15) is 6.92 Å². The lowest BCUT2D eigenvalue weighted by Crippen LogP contribution is -2.62. The number of aliphatic hydroxyl groups excluding tert-OH is 10. The SMILES string of the molecule is CC1O[C@@H](OCC2C(CO[C@@H]3OC(C(=O)O)[C@@H](O)C(CO[C@H]4OC(CO)[C@@H](O)C(O)C4CO[C@@H]4OC(C(=O)O)=CC(O)C4O)C3O)C(O)OC(COS(=O)(=O)O)[C@H]2O)C(OS(=O)(=O)O)C(O)[C@@H]1OS(=O)(=O)O. The predicted octanol–water partition coefficient (Wildman–Crippen LogP) is -9.09. The lowest BCUT2D eigenvalue weighted by molar-refractivity contribution is -0.329. The highest BCUT2D eigenvalue weighted by atomic mass is 32.3. The number of carbonyl (C=O) groups is 2. The molecule has 0 aliphatic carbocycles. The highest BCUT2D eigenvalue weighted by Gasteiger charge is 2.54. The van der Waals surface area contributed by atoms with Crippen molar-refractivity contribution in [1.29, 1.82) is 0 Å². The first-order valence-electron chi connectivity index (χ1n) is 20.9. The Morgan fingerprint density at radius 3 is 1.68 bits per heavy atom. The van der Waals surface area contributed by atoms with Crippen LogP contribution in [0, 0.1) is 23.7 Å². The number of rotatable bonds is 22. The monoisotopic (exact) mass is 1120 g/mol. The van der Waals surface area contributed by atoms with Gasteiger partial charge in [0.25, 0.3) is 0 Å². The van der Waals surface area contributed by atoms with Gasteiger partial charge in [-0.25, -0.2) is 22.1 Å². The van der Waals surface area contributed by atoms with Crippen LogP contribution in [0.5, 0.6) is 0 Å². The fourth-order valence-corrected chi connectivity index (χ4v) is 9.49. The molecule has 15 unspecified atom stereocenters. The number of hydrogen-bond acceptors (Lipinski definition) is 30. The van der Waals surface area contributed by atoms with Gasteiger partial charge in [0.2, 0.25) is 12.0 Å². The Bertz CT molecular complexity index is 2200. The number of ether oxygens (including phenoxy) is 9. The molecule has 72 heavy (non-hydrogen) atoms. The molecular formula is C34H54O35S3. The molecule has 38 heteroatoms. The lowest BCUT2D eigenvalue weighted by atomic mass is 9.83. The third-order valence-corrected chi connectivity index (χ3v) is 13.2. The van der Waals surface area contributed by atoms with Crippen LogP contribution in [0.3, 0.4) is 0 Å². The molecule has 15 N–H and O–H groups in total. The van der Waals surface area contributed by atoms with E-state index in [9.17, 15) is 105 Å². The van der Waals surface area contributed by atoms with Crippen molar-refractivity contribution >= 4 is 43.1 Å². The van der Waals surface area contributed by atoms with E-state index in [4.69, 9.17) is 47.2 Å². The zero-order chi connectivity index (χ0) is 53.9. The molecule has 4 saturated heterocycles. The molecule has 0 aromatic rings. The van der Waals surface area contributed by atoms with Crippen molar-refractivity contribution in [2.24, 2.45) is 23.7 Å². The van der Waals surface area contributed by atoms with Crippen molar-refractivity contribution < 1.29 is 165 Å². The smallest absolute Gasteiger partial charge is 0.397 e. The van der Waals surface area contributed by atoms with E-state index in [1.165, 1.54) is 0 Å². The molecule has 5 heterocycles. The number of hydrogen-bond donors (Lipinski definition) is 15. The van der Waals surface area contributed by atoms with Crippen molar-refractivity contribution in [3.63, 3.8) is 0 Å². The van der Waals surface area contributed by atoms with E-state index in [1.807, 2.05) is 0 Å². The first-order chi connectivity index (χ1) is 33.3. The Morgan fingerprint density at radius 1 is 0.542 bits per heavy atom. The highest BCUT2D eigenvalue weighted by Crippen LogP contribution is 2.37. The van der Waals surface area contributed by atoms with Crippen LogP contribution in [0.15, 0.2) is 11.8 Å². The zero-order valence-electron chi connectivity index (χ0n) is 36.7. The second-order valence-electron chi connectivity index (χ2n) is 16.7. The summed E-state index contributed by atoms with van der Waals surface area (Å²) in [6.07, 6.45) is -37.9. The maximum atomic E-state index is 12.3. The second kappa shape index (κ2) is 24.6. The van der Waals surface area contributed by atoms with Gasteiger partial charge in [-0.05, 0) is 13.0 Å². The molecule has 5 rings (SSSR count). The lowest BCUT2D eigenvalue weighted by Gasteiger charge is -2.46. The van der Waals surface area contributed by atoms with Gasteiger partial charge in [-0.15, -0.1) is 0 Å². The zero-order valence-corrected chi connectivity index (χ0v) is 39.1. The van der Waals surface area contributed by atoms with Crippen LogP contribution in [-0.2, 0) is 96.0 Å². The molecule has 418 valence electrons. The summed E-state index contributed by atoms with van der Waals surface area (Å²) in [4.78, 5) is 23.8.